The lowest BCUT2D eigenvalue weighted by atomic mass is 10.1. The molecule has 1 aromatic rings. The van der Waals surface area contributed by atoms with Crippen LogP contribution in [0.5, 0.6) is 0 Å². The first-order valence-corrected chi connectivity index (χ1v) is 5.74. The van der Waals surface area contributed by atoms with Crippen molar-refractivity contribution in [1.29, 1.82) is 0 Å². The molecule has 6 heteroatoms. The molecule has 2 N–H and O–H groups in total. The first-order chi connectivity index (χ1) is 8.04. The van der Waals surface area contributed by atoms with E-state index in [1.807, 2.05) is 11.9 Å². The predicted molar refractivity (Wildman–Crippen MR) is 68.1 cm³/mol. The Bertz CT molecular complexity index is 398. The Morgan fingerprint density at radius 1 is 1.53 bits per heavy atom. The number of hydrogen-bond donors (Lipinski definition) is 1. The van der Waals surface area contributed by atoms with Crippen LogP contribution in [-0.2, 0) is 6.54 Å². The highest BCUT2D eigenvalue weighted by atomic mass is 35.5. The summed E-state index contributed by atoms with van der Waals surface area (Å²) < 4.78 is 0. The van der Waals surface area contributed by atoms with Gasteiger partial charge in [-0.05, 0) is 38.7 Å². The molecular formula is C11H16ClN3O2. The van der Waals surface area contributed by atoms with Gasteiger partial charge in [0.05, 0.1) is 4.92 Å². The summed E-state index contributed by atoms with van der Waals surface area (Å²) in [4.78, 5) is 12.5. The molecule has 0 atom stereocenters. The second kappa shape index (κ2) is 6.54. The van der Waals surface area contributed by atoms with Crippen molar-refractivity contribution in [3.8, 4) is 0 Å². The van der Waals surface area contributed by atoms with E-state index in [1.54, 1.807) is 6.07 Å². The minimum Gasteiger partial charge on any atom is -0.330 e. The van der Waals surface area contributed by atoms with Crippen LogP contribution in [-0.4, -0.2) is 30.0 Å². The highest BCUT2D eigenvalue weighted by Crippen LogP contribution is 2.23. The van der Waals surface area contributed by atoms with Crippen LogP contribution in [0.4, 0.5) is 5.69 Å². The summed E-state index contributed by atoms with van der Waals surface area (Å²) in [5, 5.41) is 11.4. The molecule has 0 spiro atoms. The third-order valence-electron chi connectivity index (χ3n) is 2.42. The Morgan fingerprint density at radius 2 is 2.24 bits per heavy atom. The maximum Gasteiger partial charge on any atom is 0.273 e. The van der Waals surface area contributed by atoms with Gasteiger partial charge in [-0.25, -0.2) is 0 Å². The highest BCUT2D eigenvalue weighted by Gasteiger charge is 2.15. The van der Waals surface area contributed by atoms with Crippen LogP contribution in [0.3, 0.4) is 0 Å². The van der Waals surface area contributed by atoms with Gasteiger partial charge in [0.25, 0.3) is 5.69 Å². The van der Waals surface area contributed by atoms with Crippen LogP contribution in [0.15, 0.2) is 18.2 Å². The molecule has 0 saturated carbocycles. The van der Waals surface area contributed by atoms with Crippen molar-refractivity contribution >= 4 is 17.3 Å². The SMILES string of the molecule is CN(CCCN)Cc1cc(Cl)ccc1[N+](=O)[O-]. The molecular weight excluding hydrogens is 242 g/mol. The van der Waals surface area contributed by atoms with Gasteiger partial charge in [-0.15, -0.1) is 0 Å². The zero-order chi connectivity index (χ0) is 12.8. The summed E-state index contributed by atoms with van der Waals surface area (Å²) in [5.74, 6) is 0. The summed E-state index contributed by atoms with van der Waals surface area (Å²) in [7, 11) is 1.90. The quantitative estimate of drug-likeness (QED) is 0.625. The van der Waals surface area contributed by atoms with Crippen LogP contribution >= 0.6 is 11.6 Å². The number of rotatable bonds is 6. The summed E-state index contributed by atoms with van der Waals surface area (Å²) in [6.45, 7) is 1.92. The molecule has 0 amide bonds. The molecule has 1 rings (SSSR count). The monoisotopic (exact) mass is 257 g/mol. The van der Waals surface area contributed by atoms with E-state index in [2.05, 4.69) is 0 Å². The molecule has 0 aliphatic carbocycles. The zero-order valence-electron chi connectivity index (χ0n) is 9.73. The van der Waals surface area contributed by atoms with Crippen LogP contribution in [0.1, 0.15) is 12.0 Å². The average molecular weight is 258 g/mol. The van der Waals surface area contributed by atoms with E-state index in [0.29, 0.717) is 23.7 Å². The minimum absolute atomic E-state index is 0.106. The molecule has 0 aliphatic rings. The maximum atomic E-state index is 10.9. The predicted octanol–water partition coefficient (Wildman–Crippen LogP) is 2.03. The molecule has 1 aromatic carbocycles. The third-order valence-corrected chi connectivity index (χ3v) is 2.66. The number of nitro benzene ring substituents is 1. The molecule has 5 nitrogen and oxygen atoms in total. The van der Waals surface area contributed by atoms with Gasteiger partial charge in [0.2, 0.25) is 0 Å². The van der Waals surface area contributed by atoms with Crippen molar-refractivity contribution in [1.82, 2.24) is 4.90 Å². The van der Waals surface area contributed by atoms with Crippen molar-refractivity contribution in [3.05, 3.63) is 38.9 Å². The maximum absolute atomic E-state index is 10.9. The van der Waals surface area contributed by atoms with Crippen molar-refractivity contribution in [2.24, 2.45) is 5.73 Å². The first-order valence-electron chi connectivity index (χ1n) is 5.36. The van der Waals surface area contributed by atoms with E-state index in [0.717, 1.165) is 13.0 Å². The number of nitro groups is 1. The Balaban J connectivity index is 2.81. The van der Waals surface area contributed by atoms with E-state index in [4.69, 9.17) is 17.3 Å². The van der Waals surface area contributed by atoms with Crippen molar-refractivity contribution in [3.63, 3.8) is 0 Å². The second-order valence-corrected chi connectivity index (χ2v) is 4.35. The van der Waals surface area contributed by atoms with Crippen molar-refractivity contribution in [2.75, 3.05) is 20.1 Å². The number of nitrogens with zero attached hydrogens (tertiary/aromatic N) is 2. The van der Waals surface area contributed by atoms with Crippen molar-refractivity contribution < 1.29 is 4.92 Å². The summed E-state index contributed by atoms with van der Waals surface area (Å²) in [6, 6.07) is 4.61. The molecule has 17 heavy (non-hydrogen) atoms. The lowest BCUT2D eigenvalue weighted by Crippen LogP contribution is -2.21. The van der Waals surface area contributed by atoms with E-state index in [1.165, 1.54) is 12.1 Å². The fourth-order valence-corrected chi connectivity index (χ4v) is 1.78. The number of hydrogen-bond acceptors (Lipinski definition) is 4. The summed E-state index contributed by atoms with van der Waals surface area (Å²) in [5.41, 5.74) is 6.15. The third kappa shape index (κ3) is 4.30. The van der Waals surface area contributed by atoms with Gasteiger partial charge in [0.15, 0.2) is 0 Å². The topological polar surface area (TPSA) is 72.4 Å². The fraction of sp³-hybridized carbons (Fsp3) is 0.455. The van der Waals surface area contributed by atoms with Gasteiger partial charge >= 0.3 is 0 Å². The standard InChI is InChI=1S/C11H16ClN3O2/c1-14(6-2-5-13)8-9-7-10(12)3-4-11(9)15(16)17/h3-4,7H,2,5-6,8,13H2,1H3. The lowest BCUT2D eigenvalue weighted by Gasteiger charge is -2.16. The Labute approximate surface area is 105 Å². The van der Waals surface area contributed by atoms with Gasteiger partial charge in [0, 0.05) is 23.2 Å². The van der Waals surface area contributed by atoms with E-state index in [9.17, 15) is 10.1 Å². The summed E-state index contributed by atoms with van der Waals surface area (Å²) >= 11 is 5.85. The van der Waals surface area contributed by atoms with Gasteiger partial charge in [-0.2, -0.15) is 0 Å². The molecule has 0 saturated heterocycles. The Hall–Kier alpha value is -1.17. The van der Waals surface area contributed by atoms with Gasteiger partial charge in [-0.1, -0.05) is 11.6 Å². The minimum atomic E-state index is -0.386. The number of halogens is 1. The molecule has 0 fully saturated rings. The molecule has 94 valence electrons. The molecule has 0 aromatic heterocycles. The molecule has 0 unspecified atom stereocenters. The molecule has 0 heterocycles. The smallest absolute Gasteiger partial charge is 0.273 e. The fourth-order valence-electron chi connectivity index (χ4n) is 1.59. The van der Waals surface area contributed by atoms with E-state index >= 15 is 0 Å². The van der Waals surface area contributed by atoms with Gasteiger partial charge < -0.3 is 10.6 Å². The number of nitrogens with two attached hydrogens (primary N) is 1. The van der Waals surface area contributed by atoms with E-state index < -0.39 is 0 Å². The van der Waals surface area contributed by atoms with Crippen LogP contribution in [0, 0.1) is 10.1 Å². The van der Waals surface area contributed by atoms with Gasteiger partial charge in [-0.3, -0.25) is 10.1 Å². The number of benzene rings is 1. The van der Waals surface area contributed by atoms with Crippen molar-refractivity contribution in [2.45, 2.75) is 13.0 Å². The zero-order valence-corrected chi connectivity index (χ0v) is 10.5. The molecule has 0 bridgehead atoms. The normalized spacial score (nSPS) is 10.8. The van der Waals surface area contributed by atoms with Gasteiger partial charge in [0.1, 0.15) is 0 Å². The average Bonchev–Trinajstić information content (AvgIpc) is 2.26. The molecule has 0 radical (unpaired) electrons. The van der Waals surface area contributed by atoms with Crippen LogP contribution in [0.25, 0.3) is 0 Å². The lowest BCUT2D eigenvalue weighted by molar-refractivity contribution is -0.385. The highest BCUT2D eigenvalue weighted by molar-refractivity contribution is 6.30. The summed E-state index contributed by atoms with van der Waals surface area (Å²) in [6.07, 6.45) is 0.866. The Morgan fingerprint density at radius 3 is 2.82 bits per heavy atom. The second-order valence-electron chi connectivity index (χ2n) is 3.91. The largest absolute Gasteiger partial charge is 0.330 e. The van der Waals surface area contributed by atoms with Crippen LogP contribution < -0.4 is 5.73 Å². The Kier molecular flexibility index (Phi) is 5.34. The first kappa shape index (κ1) is 13.9. The van der Waals surface area contributed by atoms with E-state index in [-0.39, 0.29) is 10.6 Å². The molecule has 0 aliphatic heterocycles. The van der Waals surface area contributed by atoms with Crippen LogP contribution in [0.2, 0.25) is 5.02 Å².